The molecule has 2 aromatic carbocycles. The van der Waals surface area contributed by atoms with Crippen LogP contribution < -0.4 is 0 Å². The molecule has 0 saturated carbocycles. The molecule has 1 aliphatic heterocycles. The van der Waals surface area contributed by atoms with Gasteiger partial charge in [0.15, 0.2) is 11.9 Å². The van der Waals surface area contributed by atoms with E-state index in [2.05, 4.69) is 24.3 Å². The van der Waals surface area contributed by atoms with Gasteiger partial charge in [-0.25, -0.2) is 4.79 Å². The summed E-state index contributed by atoms with van der Waals surface area (Å²) < 4.78 is 4.87. The van der Waals surface area contributed by atoms with Gasteiger partial charge in [-0.05, 0) is 22.9 Å². The smallest absolute Gasteiger partial charge is 0.377 e. The molecule has 0 aliphatic carbocycles. The summed E-state index contributed by atoms with van der Waals surface area (Å²) in [4.78, 5) is 12.2. The Labute approximate surface area is 126 Å². The Morgan fingerprint density at radius 1 is 1.10 bits per heavy atom. The van der Waals surface area contributed by atoms with Crippen molar-refractivity contribution in [3.63, 3.8) is 0 Å². The van der Waals surface area contributed by atoms with Gasteiger partial charge in [0.25, 0.3) is 0 Å². The number of thioether (sulfide) groups is 1. The molecular formula is C16H14O4S. The second-order valence-corrected chi connectivity index (χ2v) is 5.94. The number of benzene rings is 2. The largest absolute Gasteiger partial charge is 0.505 e. The highest BCUT2D eigenvalue weighted by atomic mass is 32.2. The maximum Gasteiger partial charge on any atom is 0.377 e. The normalized spacial score (nSPS) is 18.3. The zero-order valence-corrected chi connectivity index (χ0v) is 12.0. The zero-order chi connectivity index (χ0) is 14.8. The average molecular weight is 302 g/mol. The van der Waals surface area contributed by atoms with Crippen molar-refractivity contribution in [1.82, 2.24) is 0 Å². The molecule has 0 bridgehead atoms. The van der Waals surface area contributed by atoms with Gasteiger partial charge < -0.3 is 14.9 Å². The molecule has 2 aromatic rings. The average Bonchev–Trinajstić information content (AvgIpc) is 2.74. The molecule has 21 heavy (non-hydrogen) atoms. The van der Waals surface area contributed by atoms with E-state index in [9.17, 15) is 15.0 Å². The number of esters is 1. The van der Waals surface area contributed by atoms with Crippen molar-refractivity contribution < 1.29 is 19.7 Å². The van der Waals surface area contributed by atoms with Crippen molar-refractivity contribution in [2.24, 2.45) is 0 Å². The first-order valence-corrected chi connectivity index (χ1v) is 7.58. The van der Waals surface area contributed by atoms with Gasteiger partial charge in [-0.2, -0.15) is 0 Å². The first-order valence-electron chi connectivity index (χ1n) is 6.60. The molecule has 0 aromatic heterocycles. The Hall–Kier alpha value is -2.14. The molecule has 0 fully saturated rings. The highest BCUT2D eigenvalue weighted by Gasteiger charge is 2.33. The van der Waals surface area contributed by atoms with E-state index in [4.69, 9.17) is 4.74 Å². The highest BCUT2D eigenvalue weighted by Crippen LogP contribution is 2.27. The van der Waals surface area contributed by atoms with Crippen LogP contribution in [0.2, 0.25) is 0 Å². The summed E-state index contributed by atoms with van der Waals surface area (Å²) in [7, 11) is 0. The molecule has 4 nitrogen and oxygen atoms in total. The summed E-state index contributed by atoms with van der Waals surface area (Å²) in [6.45, 7) is 0. The fourth-order valence-corrected chi connectivity index (χ4v) is 3.18. The molecule has 1 atom stereocenters. The number of cyclic esters (lactones) is 1. The van der Waals surface area contributed by atoms with Gasteiger partial charge in [0.05, 0.1) is 0 Å². The van der Waals surface area contributed by atoms with Crippen molar-refractivity contribution >= 4 is 28.5 Å². The topological polar surface area (TPSA) is 66.8 Å². The lowest BCUT2D eigenvalue weighted by Gasteiger charge is -2.09. The van der Waals surface area contributed by atoms with Crippen LogP contribution in [-0.2, 0) is 9.53 Å². The highest BCUT2D eigenvalue weighted by molar-refractivity contribution is 7.99. The quantitative estimate of drug-likeness (QED) is 0.667. The molecule has 108 valence electrons. The molecule has 0 radical (unpaired) electrons. The lowest BCUT2D eigenvalue weighted by molar-refractivity contribution is -0.142. The van der Waals surface area contributed by atoms with Crippen LogP contribution in [0.15, 0.2) is 58.9 Å². The molecule has 0 spiro atoms. The number of aliphatic hydroxyl groups is 2. The van der Waals surface area contributed by atoms with Crippen LogP contribution in [-0.4, -0.2) is 28.0 Å². The van der Waals surface area contributed by atoms with Crippen LogP contribution in [0.25, 0.3) is 10.8 Å². The molecule has 0 saturated heterocycles. The first kappa shape index (κ1) is 13.8. The van der Waals surface area contributed by atoms with E-state index >= 15 is 0 Å². The number of carbonyl (C=O) groups excluding carboxylic acids is 1. The molecule has 3 rings (SSSR count). The Balaban J connectivity index is 1.61. The summed E-state index contributed by atoms with van der Waals surface area (Å²) >= 11 is 1.62. The van der Waals surface area contributed by atoms with Gasteiger partial charge in [0.2, 0.25) is 5.76 Å². The van der Waals surface area contributed by atoms with E-state index in [-0.39, 0.29) is 5.76 Å². The van der Waals surface area contributed by atoms with Crippen molar-refractivity contribution in [2.75, 3.05) is 5.75 Å². The number of aliphatic hydroxyl groups excluding tert-OH is 2. The minimum atomic E-state index is -0.854. The lowest BCUT2D eigenvalue weighted by Crippen LogP contribution is -2.12. The second kappa shape index (κ2) is 5.69. The summed E-state index contributed by atoms with van der Waals surface area (Å²) in [5, 5.41) is 21.1. The lowest BCUT2D eigenvalue weighted by atomic mass is 10.1. The predicted octanol–water partition coefficient (Wildman–Crippen LogP) is 3.58. The fourth-order valence-electron chi connectivity index (χ4n) is 2.23. The summed E-state index contributed by atoms with van der Waals surface area (Å²) in [6, 6.07) is 14.3. The van der Waals surface area contributed by atoms with E-state index in [0.717, 1.165) is 4.90 Å². The Bertz CT molecular complexity index is 723. The predicted molar refractivity (Wildman–Crippen MR) is 81.5 cm³/mol. The maximum atomic E-state index is 11.1. The summed E-state index contributed by atoms with van der Waals surface area (Å²) in [5.74, 6) is -1.21. The van der Waals surface area contributed by atoms with E-state index in [0.29, 0.717) is 12.2 Å². The zero-order valence-electron chi connectivity index (χ0n) is 11.2. The third-order valence-electron chi connectivity index (χ3n) is 3.36. The number of hydrogen-bond acceptors (Lipinski definition) is 5. The van der Waals surface area contributed by atoms with E-state index in [1.165, 1.54) is 10.8 Å². The number of carbonyl (C=O) groups is 1. The van der Waals surface area contributed by atoms with Gasteiger partial charge in [0.1, 0.15) is 0 Å². The SMILES string of the molecule is O=C1OC(CCSc2ccc3ccccc3c2)C(O)=C1O. The van der Waals surface area contributed by atoms with E-state index in [1.807, 2.05) is 18.2 Å². The van der Waals surface area contributed by atoms with Crippen LogP contribution in [0.1, 0.15) is 6.42 Å². The first-order chi connectivity index (χ1) is 10.1. The van der Waals surface area contributed by atoms with Gasteiger partial charge >= 0.3 is 5.97 Å². The fraction of sp³-hybridized carbons (Fsp3) is 0.188. The number of fused-ring (bicyclic) bond motifs is 1. The van der Waals surface area contributed by atoms with Crippen molar-refractivity contribution in [3.8, 4) is 0 Å². The van der Waals surface area contributed by atoms with Gasteiger partial charge in [-0.15, -0.1) is 11.8 Å². The van der Waals surface area contributed by atoms with Crippen molar-refractivity contribution in [1.29, 1.82) is 0 Å². The van der Waals surface area contributed by atoms with Crippen LogP contribution >= 0.6 is 11.8 Å². The van der Waals surface area contributed by atoms with Gasteiger partial charge in [-0.3, -0.25) is 0 Å². The molecule has 1 heterocycles. The van der Waals surface area contributed by atoms with Crippen molar-refractivity contribution in [2.45, 2.75) is 17.4 Å². The van der Waals surface area contributed by atoms with Gasteiger partial charge in [0, 0.05) is 17.1 Å². The minimum absolute atomic E-state index is 0.362. The standard InChI is InChI=1S/C16H14O4S/c17-14-13(20-16(19)15(14)18)7-8-21-12-6-5-10-3-1-2-4-11(10)9-12/h1-6,9,13,17-18H,7-8H2. The van der Waals surface area contributed by atoms with Crippen LogP contribution in [0.5, 0.6) is 0 Å². The maximum absolute atomic E-state index is 11.1. The van der Waals surface area contributed by atoms with E-state index < -0.39 is 17.8 Å². The van der Waals surface area contributed by atoms with Crippen LogP contribution in [0.3, 0.4) is 0 Å². The molecule has 2 N–H and O–H groups in total. The second-order valence-electron chi connectivity index (χ2n) is 4.77. The number of ether oxygens (including phenoxy) is 1. The Morgan fingerprint density at radius 2 is 1.86 bits per heavy atom. The number of hydrogen-bond donors (Lipinski definition) is 2. The van der Waals surface area contributed by atoms with Crippen LogP contribution in [0.4, 0.5) is 0 Å². The molecule has 1 aliphatic rings. The monoisotopic (exact) mass is 302 g/mol. The number of rotatable bonds is 4. The Morgan fingerprint density at radius 3 is 2.57 bits per heavy atom. The Kier molecular flexibility index (Phi) is 3.75. The van der Waals surface area contributed by atoms with Crippen molar-refractivity contribution in [3.05, 3.63) is 54.0 Å². The molecule has 0 amide bonds. The minimum Gasteiger partial charge on any atom is -0.505 e. The van der Waals surface area contributed by atoms with E-state index in [1.54, 1.807) is 11.8 Å². The summed E-state index contributed by atoms with van der Waals surface area (Å²) in [6.07, 6.45) is -0.274. The van der Waals surface area contributed by atoms with Gasteiger partial charge in [-0.1, -0.05) is 30.3 Å². The molecule has 1 unspecified atom stereocenters. The van der Waals surface area contributed by atoms with Crippen LogP contribution in [0, 0.1) is 0 Å². The molecular weight excluding hydrogens is 288 g/mol. The summed E-state index contributed by atoms with van der Waals surface area (Å²) in [5.41, 5.74) is 0. The molecule has 5 heteroatoms. The third-order valence-corrected chi connectivity index (χ3v) is 4.39. The third kappa shape index (κ3) is 2.83.